The molecule has 0 aromatic carbocycles. The van der Waals surface area contributed by atoms with Crippen LogP contribution in [0.3, 0.4) is 0 Å². The molecule has 96 valence electrons. The fraction of sp³-hybridized carbons (Fsp3) is 0.833. The minimum Gasteiger partial charge on any atom is -0.330 e. The molecular formula is C12H21N3O2. The highest BCUT2D eigenvalue weighted by Crippen LogP contribution is 2.31. The number of nitrogens with one attached hydrogen (secondary N) is 1. The van der Waals surface area contributed by atoms with Gasteiger partial charge in [-0.05, 0) is 31.2 Å². The number of imide groups is 1. The van der Waals surface area contributed by atoms with E-state index in [1.54, 1.807) is 0 Å². The molecule has 0 aromatic heterocycles. The van der Waals surface area contributed by atoms with Crippen molar-refractivity contribution in [2.24, 2.45) is 17.6 Å². The molecule has 1 aliphatic heterocycles. The van der Waals surface area contributed by atoms with E-state index in [0.717, 1.165) is 12.8 Å². The van der Waals surface area contributed by atoms with Gasteiger partial charge in [0.25, 0.3) is 0 Å². The minimum absolute atomic E-state index is 0.185. The van der Waals surface area contributed by atoms with Gasteiger partial charge in [0.05, 0.1) is 13.1 Å². The average Bonchev–Trinajstić information content (AvgIpc) is 2.27. The molecule has 17 heavy (non-hydrogen) atoms. The van der Waals surface area contributed by atoms with E-state index in [1.807, 2.05) is 4.90 Å². The van der Waals surface area contributed by atoms with E-state index in [-0.39, 0.29) is 11.8 Å². The van der Waals surface area contributed by atoms with Crippen molar-refractivity contribution in [1.82, 2.24) is 10.2 Å². The molecule has 1 aliphatic carbocycles. The summed E-state index contributed by atoms with van der Waals surface area (Å²) >= 11 is 0. The zero-order chi connectivity index (χ0) is 12.4. The van der Waals surface area contributed by atoms with Crippen molar-refractivity contribution in [1.29, 1.82) is 0 Å². The van der Waals surface area contributed by atoms with Crippen LogP contribution in [0.1, 0.15) is 26.2 Å². The van der Waals surface area contributed by atoms with Gasteiger partial charge in [-0.15, -0.1) is 0 Å². The Hall–Kier alpha value is -0.940. The van der Waals surface area contributed by atoms with E-state index >= 15 is 0 Å². The topological polar surface area (TPSA) is 75.4 Å². The summed E-state index contributed by atoms with van der Waals surface area (Å²) in [6.45, 7) is 3.54. The highest BCUT2D eigenvalue weighted by molar-refractivity contribution is 5.99. The molecule has 2 rings (SSSR count). The summed E-state index contributed by atoms with van der Waals surface area (Å²) in [5.41, 5.74) is 5.80. The second-order valence-electron chi connectivity index (χ2n) is 5.36. The van der Waals surface area contributed by atoms with E-state index in [1.165, 1.54) is 6.42 Å². The highest BCUT2D eigenvalue weighted by atomic mass is 16.2. The van der Waals surface area contributed by atoms with Crippen molar-refractivity contribution >= 4 is 11.8 Å². The van der Waals surface area contributed by atoms with E-state index in [4.69, 9.17) is 5.73 Å². The zero-order valence-corrected chi connectivity index (χ0v) is 10.3. The Morgan fingerprint density at radius 1 is 1.29 bits per heavy atom. The molecule has 1 saturated carbocycles. The lowest BCUT2D eigenvalue weighted by Gasteiger charge is -2.42. The van der Waals surface area contributed by atoms with Crippen LogP contribution in [0.25, 0.3) is 0 Å². The Bertz CT molecular complexity index is 303. The van der Waals surface area contributed by atoms with Crippen LogP contribution in [0, 0.1) is 11.8 Å². The van der Waals surface area contributed by atoms with Gasteiger partial charge in [-0.1, -0.05) is 13.3 Å². The Kier molecular flexibility index (Phi) is 3.79. The number of carbonyl (C=O) groups excluding carboxylic acids is 2. The smallest absolute Gasteiger partial charge is 0.240 e. The minimum atomic E-state index is -0.185. The second kappa shape index (κ2) is 5.14. The first-order valence-electron chi connectivity index (χ1n) is 6.37. The van der Waals surface area contributed by atoms with Gasteiger partial charge < -0.3 is 5.73 Å². The molecule has 0 aromatic rings. The number of rotatable bonds is 2. The van der Waals surface area contributed by atoms with Gasteiger partial charge in [-0.25, -0.2) is 0 Å². The average molecular weight is 239 g/mol. The summed E-state index contributed by atoms with van der Waals surface area (Å²) in [7, 11) is 0. The SMILES string of the molecule is CC1CCC(CN)C(N2CC(=O)NC(=O)C2)C1. The second-order valence-corrected chi connectivity index (χ2v) is 5.36. The number of amides is 2. The van der Waals surface area contributed by atoms with Crippen molar-refractivity contribution < 1.29 is 9.59 Å². The van der Waals surface area contributed by atoms with Crippen LogP contribution in [-0.4, -0.2) is 42.4 Å². The van der Waals surface area contributed by atoms with Crippen molar-refractivity contribution in [3.63, 3.8) is 0 Å². The van der Waals surface area contributed by atoms with Gasteiger partial charge >= 0.3 is 0 Å². The van der Waals surface area contributed by atoms with Crippen LogP contribution in [-0.2, 0) is 9.59 Å². The van der Waals surface area contributed by atoms with Gasteiger partial charge in [0.1, 0.15) is 0 Å². The molecule has 3 atom stereocenters. The summed E-state index contributed by atoms with van der Waals surface area (Å²) in [4.78, 5) is 24.8. The molecular weight excluding hydrogens is 218 g/mol. The number of hydrogen-bond donors (Lipinski definition) is 2. The fourth-order valence-corrected chi connectivity index (χ4v) is 3.03. The molecule has 2 fully saturated rings. The third-order valence-electron chi connectivity index (χ3n) is 3.96. The van der Waals surface area contributed by atoms with Crippen molar-refractivity contribution in [3.05, 3.63) is 0 Å². The van der Waals surface area contributed by atoms with Crippen LogP contribution in [0.5, 0.6) is 0 Å². The summed E-state index contributed by atoms with van der Waals surface area (Å²) in [6, 6.07) is 0.291. The number of hydrogen-bond acceptors (Lipinski definition) is 4. The molecule has 1 heterocycles. The maximum absolute atomic E-state index is 11.4. The van der Waals surface area contributed by atoms with Gasteiger partial charge in [0.15, 0.2) is 0 Å². The largest absolute Gasteiger partial charge is 0.330 e. The predicted octanol–water partition coefficient (Wildman–Crippen LogP) is -0.292. The highest BCUT2D eigenvalue weighted by Gasteiger charge is 2.35. The number of nitrogens with two attached hydrogens (primary N) is 1. The first kappa shape index (κ1) is 12.5. The maximum atomic E-state index is 11.4. The van der Waals surface area contributed by atoms with E-state index in [9.17, 15) is 9.59 Å². The maximum Gasteiger partial charge on any atom is 0.240 e. The number of nitrogens with zero attached hydrogens (tertiary/aromatic N) is 1. The first-order chi connectivity index (χ1) is 8.10. The Labute approximate surface area is 102 Å². The van der Waals surface area contributed by atoms with Crippen molar-refractivity contribution in [2.75, 3.05) is 19.6 Å². The van der Waals surface area contributed by atoms with Gasteiger partial charge in [0, 0.05) is 6.04 Å². The van der Waals surface area contributed by atoms with E-state index in [2.05, 4.69) is 12.2 Å². The third-order valence-corrected chi connectivity index (χ3v) is 3.96. The van der Waals surface area contributed by atoms with Crippen LogP contribution in [0.15, 0.2) is 0 Å². The van der Waals surface area contributed by atoms with E-state index < -0.39 is 0 Å². The molecule has 0 radical (unpaired) electrons. The Morgan fingerprint density at radius 2 is 1.94 bits per heavy atom. The standard InChI is InChI=1S/C12H21N3O2/c1-8-2-3-9(5-13)10(4-8)15-6-11(16)14-12(17)7-15/h8-10H,2-7,13H2,1H3,(H,14,16,17). The van der Waals surface area contributed by atoms with Gasteiger partial charge in [-0.3, -0.25) is 19.8 Å². The Balaban J connectivity index is 2.07. The fourth-order valence-electron chi connectivity index (χ4n) is 3.03. The predicted molar refractivity (Wildman–Crippen MR) is 64.1 cm³/mol. The third kappa shape index (κ3) is 2.84. The zero-order valence-electron chi connectivity index (χ0n) is 10.3. The molecule has 0 bridgehead atoms. The molecule has 2 aliphatic rings. The Morgan fingerprint density at radius 3 is 2.53 bits per heavy atom. The van der Waals surface area contributed by atoms with E-state index in [0.29, 0.717) is 37.5 Å². The van der Waals surface area contributed by atoms with Gasteiger partial charge in [-0.2, -0.15) is 0 Å². The normalized spacial score (nSPS) is 35.8. The molecule has 0 spiro atoms. The van der Waals surface area contributed by atoms with Crippen molar-refractivity contribution in [3.8, 4) is 0 Å². The quantitative estimate of drug-likeness (QED) is 0.649. The molecule has 3 N–H and O–H groups in total. The van der Waals surface area contributed by atoms with Crippen LogP contribution in [0.2, 0.25) is 0 Å². The van der Waals surface area contributed by atoms with Crippen LogP contribution >= 0.6 is 0 Å². The van der Waals surface area contributed by atoms with Gasteiger partial charge in [0.2, 0.25) is 11.8 Å². The summed E-state index contributed by atoms with van der Waals surface area (Å²) in [6.07, 6.45) is 3.35. The van der Waals surface area contributed by atoms with Crippen molar-refractivity contribution in [2.45, 2.75) is 32.2 Å². The summed E-state index contributed by atoms with van der Waals surface area (Å²) in [5, 5.41) is 2.34. The summed E-state index contributed by atoms with van der Waals surface area (Å²) in [5.74, 6) is 0.707. The number of piperazine rings is 1. The lowest BCUT2D eigenvalue weighted by Crippen LogP contribution is -2.58. The monoisotopic (exact) mass is 239 g/mol. The van der Waals surface area contributed by atoms with Crippen LogP contribution in [0.4, 0.5) is 0 Å². The molecule has 2 amide bonds. The molecule has 5 heteroatoms. The lowest BCUT2D eigenvalue weighted by atomic mass is 9.78. The molecule has 5 nitrogen and oxygen atoms in total. The molecule has 1 saturated heterocycles. The lowest BCUT2D eigenvalue weighted by molar-refractivity contribution is -0.138. The number of carbonyl (C=O) groups is 2. The summed E-state index contributed by atoms with van der Waals surface area (Å²) < 4.78 is 0. The first-order valence-corrected chi connectivity index (χ1v) is 6.37. The van der Waals surface area contributed by atoms with Crippen LogP contribution < -0.4 is 11.1 Å². The molecule has 3 unspecified atom stereocenters.